The van der Waals surface area contributed by atoms with Crippen molar-refractivity contribution in [2.75, 3.05) is 4.81 Å². The molecular formula is C64H61BN6OPt. The van der Waals surface area contributed by atoms with Gasteiger partial charge < -0.3 is 0 Å². The normalized spacial score (nSPS) is 13.6. The van der Waals surface area contributed by atoms with E-state index in [1.54, 1.807) is 0 Å². The molecule has 0 unspecified atom stereocenters. The van der Waals surface area contributed by atoms with Crippen LogP contribution in [0.2, 0.25) is 6.32 Å². The molecular weight excluding hydrogens is 1070 g/mol. The molecule has 11 rings (SSSR count). The van der Waals surface area contributed by atoms with E-state index < -0.39 is 6.04 Å². The average Bonchev–Trinajstić information content (AvgIpc) is 4.18. The van der Waals surface area contributed by atoms with Crippen LogP contribution in [0.25, 0.3) is 67.2 Å². The summed E-state index contributed by atoms with van der Waals surface area (Å²) in [5, 5.41) is 5.29. The van der Waals surface area contributed by atoms with Crippen molar-refractivity contribution in [2.24, 2.45) is 5.92 Å². The number of fused-ring (bicyclic) bond motifs is 4. The molecule has 0 N–H and O–H groups in total. The number of para-hydroxylation sites is 3. The molecule has 10 aromatic rings. The Kier molecular flexibility index (Phi) is 11.0. The minimum atomic E-state index is -0.434. The second-order valence-electron chi connectivity index (χ2n) is 21.6. The second kappa shape index (κ2) is 19.0. The summed E-state index contributed by atoms with van der Waals surface area (Å²) < 4.78 is 59.1. The maximum atomic E-state index is 9.32. The van der Waals surface area contributed by atoms with Crippen molar-refractivity contribution in [3.05, 3.63) is 209 Å². The zero-order valence-electron chi connectivity index (χ0n) is 47.8. The molecule has 3 aromatic heterocycles. The van der Waals surface area contributed by atoms with E-state index in [2.05, 4.69) is 179 Å². The third-order valence-electron chi connectivity index (χ3n) is 13.7. The molecule has 0 aliphatic carbocycles. The first-order valence-corrected chi connectivity index (χ1v) is 26.2. The van der Waals surface area contributed by atoms with Gasteiger partial charge in [0, 0.05) is 11.8 Å². The number of nitrogens with zero attached hydrogens (tertiary/aromatic N) is 6. The number of anilines is 2. The van der Waals surface area contributed by atoms with E-state index in [-0.39, 0.29) is 47.5 Å². The van der Waals surface area contributed by atoms with Crippen LogP contribution in [0.3, 0.4) is 0 Å². The Bertz CT molecular complexity index is 4000. The van der Waals surface area contributed by atoms with Crippen LogP contribution in [0.4, 0.5) is 11.5 Å². The number of imidazole rings is 1. The number of aromatic nitrogens is 5. The molecule has 366 valence electrons. The Labute approximate surface area is 448 Å². The summed E-state index contributed by atoms with van der Waals surface area (Å²) in [6, 6.07) is 50.2. The van der Waals surface area contributed by atoms with E-state index in [9.17, 15) is 2.74 Å². The molecule has 7 nitrogen and oxygen atoms in total. The molecule has 0 amide bonds. The van der Waals surface area contributed by atoms with Crippen LogP contribution in [-0.2, 0) is 30.2 Å². The molecule has 0 saturated heterocycles. The molecule has 0 radical (unpaired) electrons. The quantitative estimate of drug-likeness (QED) is 0.128. The fourth-order valence-corrected chi connectivity index (χ4v) is 11.1. The summed E-state index contributed by atoms with van der Waals surface area (Å²) in [4.78, 5) is 7.27. The van der Waals surface area contributed by atoms with Gasteiger partial charge in [0.2, 0.25) is 0 Å². The second-order valence-corrected chi connectivity index (χ2v) is 22.6. The van der Waals surface area contributed by atoms with Crippen LogP contribution in [0.15, 0.2) is 188 Å². The number of hydrogen-bond acceptors (Lipinski definition) is 4. The van der Waals surface area contributed by atoms with Gasteiger partial charge in [-0.15, -0.1) is 0 Å². The minimum absolute atomic E-state index is 0.134. The topological polar surface area (TPSA) is 53.0 Å². The Morgan fingerprint density at radius 3 is 1.97 bits per heavy atom. The van der Waals surface area contributed by atoms with Crippen LogP contribution in [-0.4, -0.2) is 30.8 Å². The molecule has 0 saturated carbocycles. The van der Waals surface area contributed by atoms with E-state index >= 15 is 0 Å². The van der Waals surface area contributed by atoms with Gasteiger partial charge >= 0.3 is 359 Å². The van der Waals surface area contributed by atoms with Crippen LogP contribution >= 0.6 is 0 Å². The van der Waals surface area contributed by atoms with Gasteiger partial charge in [0.25, 0.3) is 0 Å². The Hall–Kier alpha value is -7.28. The molecule has 0 atom stereocenters. The van der Waals surface area contributed by atoms with E-state index in [0.29, 0.717) is 28.7 Å². The molecule has 73 heavy (non-hydrogen) atoms. The van der Waals surface area contributed by atoms with Gasteiger partial charge in [0.1, 0.15) is 0 Å². The Balaban J connectivity index is 1.08. The van der Waals surface area contributed by atoms with E-state index in [4.69, 9.17) is 18.9 Å². The number of hydrogen-bond donors (Lipinski definition) is 0. The van der Waals surface area contributed by atoms with Gasteiger partial charge in [-0.1, -0.05) is 44.2 Å². The predicted octanol–water partition coefficient (Wildman–Crippen LogP) is 16.6. The van der Waals surface area contributed by atoms with Crippen molar-refractivity contribution in [1.82, 2.24) is 23.8 Å². The van der Waals surface area contributed by atoms with Gasteiger partial charge in [0.15, 0.2) is 0 Å². The summed E-state index contributed by atoms with van der Waals surface area (Å²) in [5.74, 6) is 2.48. The zero-order chi connectivity index (χ0) is 55.1. The molecule has 0 fully saturated rings. The zero-order valence-corrected chi connectivity index (χ0v) is 45.1. The van der Waals surface area contributed by atoms with Crippen molar-refractivity contribution < 1.29 is 30.9 Å². The molecule has 1 aliphatic rings. The van der Waals surface area contributed by atoms with E-state index in [1.807, 2.05) is 79.0 Å². The first kappa shape index (κ1) is 42.3. The Morgan fingerprint density at radius 2 is 1.29 bits per heavy atom. The van der Waals surface area contributed by atoms with Crippen LogP contribution < -0.4 is 9.55 Å². The van der Waals surface area contributed by atoms with Gasteiger partial charge in [-0.25, -0.2) is 0 Å². The number of aryl methyl sites for hydroxylation is 1. The number of rotatable bonds is 10. The maximum absolute atomic E-state index is 9.32. The number of ether oxygens (including phenoxy) is 1. The predicted molar refractivity (Wildman–Crippen MR) is 299 cm³/mol. The van der Waals surface area contributed by atoms with Crippen LogP contribution in [0.1, 0.15) is 78.9 Å². The van der Waals surface area contributed by atoms with Gasteiger partial charge in [-0.05, 0) is 24.5 Å². The number of pyridine rings is 1. The SMILES string of the molecule is [2H]c1c([2H])c([2H])c(-c2cccc(-c3cc(C(C)(C)C)cc(C(C)(C)C)c3)c2-n2[c](=[Pt])n(-c3cccc(Oc4ccc5c(c4)N(c4cc(C)ccn4)B(CC(C)C)n4nc(-c6ccccc6)cc4-5)c3)c3ccccc32)c([2H])c1[2H]. The molecule has 4 heterocycles. The summed E-state index contributed by atoms with van der Waals surface area (Å²) in [5.41, 5.74) is 13.8. The molecule has 9 heteroatoms. The first-order valence-electron chi connectivity index (χ1n) is 27.5. The first-order chi connectivity index (χ1) is 37.2. The van der Waals surface area contributed by atoms with Crippen molar-refractivity contribution in [1.29, 1.82) is 0 Å². The molecule has 0 bridgehead atoms. The fraction of sp³-hybridized carbons (Fsp3) is 0.203. The van der Waals surface area contributed by atoms with Crippen LogP contribution in [0, 0.1) is 16.6 Å². The van der Waals surface area contributed by atoms with Crippen molar-refractivity contribution >= 4 is 29.5 Å². The van der Waals surface area contributed by atoms with Gasteiger partial charge in [-0.3, -0.25) is 0 Å². The van der Waals surface area contributed by atoms with Gasteiger partial charge in [0.05, 0.1) is 5.69 Å². The monoisotopic (exact) mass is 1140 g/mol. The van der Waals surface area contributed by atoms with Crippen molar-refractivity contribution in [3.63, 3.8) is 0 Å². The third-order valence-corrected chi connectivity index (χ3v) is 14.8. The summed E-state index contributed by atoms with van der Waals surface area (Å²) in [6.07, 6.45) is 2.69. The summed E-state index contributed by atoms with van der Waals surface area (Å²) >= 11 is 2.38. The molecule has 7 aromatic carbocycles. The van der Waals surface area contributed by atoms with Gasteiger partial charge in [-0.2, -0.15) is 5.10 Å². The third kappa shape index (κ3) is 9.16. The Morgan fingerprint density at radius 1 is 0.630 bits per heavy atom. The van der Waals surface area contributed by atoms with Crippen molar-refractivity contribution in [2.45, 2.75) is 79.5 Å². The summed E-state index contributed by atoms with van der Waals surface area (Å²) in [6.45, 7) is 19.7. The molecule has 0 spiro atoms. The molecule has 1 aliphatic heterocycles. The summed E-state index contributed by atoms with van der Waals surface area (Å²) in [7, 11) is 0. The fourth-order valence-electron chi connectivity index (χ4n) is 10.0. The van der Waals surface area contributed by atoms with Crippen molar-refractivity contribution in [3.8, 4) is 67.6 Å². The average molecular weight is 1140 g/mol. The van der Waals surface area contributed by atoms with E-state index in [1.165, 1.54) is 11.1 Å². The number of benzene rings is 7. The van der Waals surface area contributed by atoms with E-state index in [0.717, 1.165) is 77.6 Å². The standard InChI is InChI=1S/C64H61BN6O.Pt/c1-43(2)41-65-70(61-34-44(3)32-33-66-61)59-39-52(30-31-55(59)60-40-56(67-71(60)65)46-22-14-11-15-23-46)72-51-25-18-24-50(38-51)68-42-69(58-29-17-16-28-57(58)68)62-53(45-20-12-10-13-21-45)26-19-27-54(62)47-35-48(63(4,5)6)37-49(36-47)64(7,8)9;/h10-40,43H,41H2,1-9H3;/i10D,12D,13D,20D,21D;. The van der Waals surface area contributed by atoms with Crippen LogP contribution in [0.5, 0.6) is 11.5 Å².